The molecular formula is C35H47NO3. The molecule has 1 aliphatic rings. The van der Waals surface area contributed by atoms with Crippen LogP contribution in [0.25, 0.3) is 0 Å². The number of likely N-dealkylation sites (tertiary alicyclic amines) is 1. The van der Waals surface area contributed by atoms with Crippen LogP contribution in [0.2, 0.25) is 0 Å². The Morgan fingerprint density at radius 2 is 1.46 bits per heavy atom. The van der Waals surface area contributed by atoms with Crippen LogP contribution in [-0.4, -0.2) is 36.2 Å². The van der Waals surface area contributed by atoms with Crippen molar-refractivity contribution in [3.8, 4) is 11.5 Å². The van der Waals surface area contributed by atoms with Crippen molar-refractivity contribution in [1.29, 1.82) is 0 Å². The lowest BCUT2D eigenvalue weighted by Crippen LogP contribution is -2.51. The zero-order valence-corrected chi connectivity index (χ0v) is 25.0. The highest BCUT2D eigenvalue weighted by Crippen LogP contribution is 2.46. The van der Waals surface area contributed by atoms with E-state index < -0.39 is 5.60 Å². The molecule has 0 saturated carbocycles. The number of methoxy groups -OCH3 is 1. The Balaban J connectivity index is 1.92. The molecule has 4 heteroatoms. The number of benzene rings is 3. The molecule has 0 aliphatic carbocycles. The first kappa shape index (κ1) is 29.2. The molecule has 39 heavy (non-hydrogen) atoms. The second-order valence-electron chi connectivity index (χ2n) is 11.8. The Morgan fingerprint density at radius 3 is 2.03 bits per heavy atom. The third kappa shape index (κ3) is 6.18. The summed E-state index contributed by atoms with van der Waals surface area (Å²) in [6.45, 7) is 15.6. The van der Waals surface area contributed by atoms with Gasteiger partial charge in [0.05, 0.1) is 7.11 Å². The van der Waals surface area contributed by atoms with Crippen LogP contribution >= 0.6 is 0 Å². The fourth-order valence-electron chi connectivity index (χ4n) is 5.96. The zero-order chi connectivity index (χ0) is 28.2. The van der Waals surface area contributed by atoms with Gasteiger partial charge in [0.15, 0.2) is 0 Å². The second-order valence-corrected chi connectivity index (χ2v) is 11.8. The molecule has 2 unspecified atom stereocenters. The normalized spacial score (nSPS) is 16.8. The summed E-state index contributed by atoms with van der Waals surface area (Å²) in [5, 5.41) is 13.1. The van der Waals surface area contributed by atoms with Crippen LogP contribution in [0.15, 0.2) is 60.7 Å². The molecule has 0 spiro atoms. The lowest BCUT2D eigenvalue weighted by molar-refractivity contribution is -0.0211. The molecule has 4 nitrogen and oxygen atoms in total. The van der Waals surface area contributed by atoms with Crippen LogP contribution in [0.4, 0.5) is 0 Å². The number of rotatable bonds is 10. The van der Waals surface area contributed by atoms with Gasteiger partial charge in [-0.3, -0.25) is 4.90 Å². The van der Waals surface area contributed by atoms with Crippen LogP contribution in [0, 0.1) is 6.92 Å². The van der Waals surface area contributed by atoms with E-state index in [1.807, 2.05) is 30.3 Å². The molecule has 210 valence electrons. The maximum atomic E-state index is 13.1. The summed E-state index contributed by atoms with van der Waals surface area (Å²) in [6, 6.07) is 20.7. The monoisotopic (exact) mass is 529 g/mol. The summed E-state index contributed by atoms with van der Waals surface area (Å²) in [5.41, 5.74) is 4.97. The molecule has 1 saturated heterocycles. The molecular weight excluding hydrogens is 482 g/mol. The smallest absolute Gasteiger partial charge is 0.133 e. The molecule has 1 fully saturated rings. The highest BCUT2D eigenvalue weighted by molar-refractivity contribution is 5.54. The number of piperidine rings is 1. The largest absolute Gasteiger partial charge is 0.496 e. The number of hydrogen-bond donors (Lipinski definition) is 1. The van der Waals surface area contributed by atoms with Crippen molar-refractivity contribution in [2.75, 3.05) is 20.2 Å². The average Bonchev–Trinajstić information content (AvgIpc) is 2.95. The van der Waals surface area contributed by atoms with Crippen molar-refractivity contribution in [2.24, 2.45) is 0 Å². The van der Waals surface area contributed by atoms with Crippen LogP contribution in [-0.2, 0) is 12.2 Å². The molecule has 1 aliphatic heterocycles. The highest BCUT2D eigenvalue weighted by atomic mass is 16.5. The predicted octanol–water partition coefficient (Wildman–Crippen LogP) is 7.94. The van der Waals surface area contributed by atoms with Crippen LogP contribution in [0.3, 0.4) is 0 Å². The summed E-state index contributed by atoms with van der Waals surface area (Å²) in [6.07, 6.45) is 3.57. The first-order chi connectivity index (χ1) is 18.7. The minimum absolute atomic E-state index is 0.135. The van der Waals surface area contributed by atoms with E-state index in [9.17, 15) is 5.11 Å². The van der Waals surface area contributed by atoms with Gasteiger partial charge in [0.2, 0.25) is 0 Å². The molecule has 0 radical (unpaired) electrons. The highest BCUT2D eigenvalue weighted by Gasteiger charge is 2.44. The SMILES string of the molecule is COc1ccc(C)cc1C(O)(c1cc(C(C)C)c(OCc2ccccc2)c(C(C)C)c1)C(C)N1CCCCC1. The number of hydrogen-bond acceptors (Lipinski definition) is 4. The lowest BCUT2D eigenvalue weighted by Gasteiger charge is -2.44. The molecule has 3 aromatic carbocycles. The summed E-state index contributed by atoms with van der Waals surface area (Å²) in [7, 11) is 1.69. The maximum Gasteiger partial charge on any atom is 0.133 e. The van der Waals surface area contributed by atoms with E-state index in [4.69, 9.17) is 9.47 Å². The van der Waals surface area contributed by atoms with Crippen molar-refractivity contribution in [1.82, 2.24) is 4.90 Å². The van der Waals surface area contributed by atoms with Gasteiger partial charge in [0, 0.05) is 11.6 Å². The summed E-state index contributed by atoms with van der Waals surface area (Å²) >= 11 is 0. The van der Waals surface area contributed by atoms with Crippen LogP contribution in [0.1, 0.15) is 99.1 Å². The first-order valence-corrected chi connectivity index (χ1v) is 14.6. The number of aliphatic hydroxyl groups is 1. The minimum atomic E-state index is -1.26. The Kier molecular flexibility index (Phi) is 9.40. The van der Waals surface area contributed by atoms with Crippen molar-refractivity contribution in [3.63, 3.8) is 0 Å². The fourth-order valence-corrected chi connectivity index (χ4v) is 5.96. The van der Waals surface area contributed by atoms with Gasteiger partial charge in [0.25, 0.3) is 0 Å². The summed E-state index contributed by atoms with van der Waals surface area (Å²) in [4.78, 5) is 2.45. The standard InChI is InChI=1S/C35H47NO3/c1-24(2)30-21-29(22-31(25(3)4)34(30)39-23-28-14-10-8-11-15-28)35(37,27(6)36-18-12-9-13-19-36)32-20-26(5)16-17-33(32)38-7/h8,10-11,14-17,20-22,24-25,27,37H,9,12-13,18-19,23H2,1-7H3. The van der Waals surface area contributed by atoms with Gasteiger partial charge >= 0.3 is 0 Å². The van der Waals surface area contributed by atoms with E-state index in [2.05, 4.69) is 76.8 Å². The van der Waals surface area contributed by atoms with Crippen molar-refractivity contribution >= 4 is 0 Å². The Hall–Kier alpha value is -2.82. The molecule has 3 aromatic rings. The quantitative estimate of drug-likeness (QED) is 0.289. The Bertz CT molecular complexity index is 1200. The van der Waals surface area contributed by atoms with E-state index in [1.54, 1.807) is 7.11 Å². The van der Waals surface area contributed by atoms with Crippen LogP contribution < -0.4 is 9.47 Å². The summed E-state index contributed by atoms with van der Waals surface area (Å²) < 4.78 is 12.4. The van der Waals surface area contributed by atoms with Gasteiger partial charge in [-0.1, -0.05) is 76.1 Å². The third-order valence-corrected chi connectivity index (χ3v) is 8.37. The lowest BCUT2D eigenvalue weighted by atomic mass is 9.76. The molecule has 0 amide bonds. The van der Waals surface area contributed by atoms with Gasteiger partial charge in [-0.15, -0.1) is 0 Å². The molecule has 1 N–H and O–H groups in total. The number of nitrogens with zero attached hydrogens (tertiary/aromatic N) is 1. The molecule has 1 heterocycles. The van der Waals surface area contributed by atoms with Crippen molar-refractivity contribution in [3.05, 3.63) is 94.0 Å². The van der Waals surface area contributed by atoms with Gasteiger partial charge in [0.1, 0.15) is 23.7 Å². The van der Waals surface area contributed by atoms with Gasteiger partial charge < -0.3 is 14.6 Å². The molecule has 4 rings (SSSR count). The molecule has 2 atom stereocenters. The van der Waals surface area contributed by atoms with E-state index in [-0.39, 0.29) is 17.9 Å². The summed E-state index contributed by atoms with van der Waals surface area (Å²) in [5.74, 6) is 2.11. The third-order valence-electron chi connectivity index (χ3n) is 8.37. The average molecular weight is 530 g/mol. The topological polar surface area (TPSA) is 41.9 Å². The van der Waals surface area contributed by atoms with E-state index in [0.29, 0.717) is 12.4 Å². The maximum absolute atomic E-state index is 13.1. The minimum Gasteiger partial charge on any atom is -0.496 e. The van der Waals surface area contributed by atoms with Crippen molar-refractivity contribution < 1.29 is 14.6 Å². The van der Waals surface area contributed by atoms with Crippen molar-refractivity contribution in [2.45, 2.75) is 90.9 Å². The van der Waals surface area contributed by atoms with Gasteiger partial charge in [-0.05, 0) is 98.1 Å². The first-order valence-electron chi connectivity index (χ1n) is 14.6. The van der Waals surface area contributed by atoms with E-state index >= 15 is 0 Å². The number of ether oxygens (including phenoxy) is 2. The zero-order valence-electron chi connectivity index (χ0n) is 25.0. The second kappa shape index (κ2) is 12.6. The van der Waals surface area contributed by atoms with E-state index in [1.165, 1.54) is 6.42 Å². The van der Waals surface area contributed by atoms with E-state index in [0.717, 1.165) is 65.1 Å². The number of aryl methyl sites for hydroxylation is 1. The molecule has 0 bridgehead atoms. The van der Waals surface area contributed by atoms with Crippen LogP contribution in [0.5, 0.6) is 11.5 Å². The molecule has 0 aromatic heterocycles. The Morgan fingerprint density at radius 1 is 0.846 bits per heavy atom. The fraction of sp³-hybridized carbons (Fsp3) is 0.486. The van der Waals surface area contributed by atoms with Gasteiger partial charge in [-0.25, -0.2) is 0 Å². The Labute approximate surface area is 236 Å². The van der Waals surface area contributed by atoms with Gasteiger partial charge in [-0.2, -0.15) is 0 Å². The predicted molar refractivity (Wildman–Crippen MR) is 161 cm³/mol.